The van der Waals surface area contributed by atoms with E-state index in [9.17, 15) is 29.1 Å². The number of nitrogens with one attached hydrogen (secondary N) is 1. The van der Waals surface area contributed by atoms with Crippen LogP contribution in [0.15, 0.2) is 42.4 Å². The highest BCUT2D eigenvalue weighted by Gasteiger charge is 2.36. The molecule has 4 N–H and O–H groups in total. The smallest absolute Gasteiger partial charge is 0.328 e. The van der Waals surface area contributed by atoms with E-state index in [0.717, 1.165) is 0 Å². The molecule has 3 atom stereocenters. The van der Waals surface area contributed by atoms with Gasteiger partial charge >= 0.3 is 23.9 Å². The number of amides is 1. The van der Waals surface area contributed by atoms with Crippen LogP contribution in [0.4, 0.5) is 0 Å². The van der Waals surface area contributed by atoms with Crippen LogP contribution in [0.3, 0.4) is 0 Å². The molecule has 1 aliphatic heterocycles. The summed E-state index contributed by atoms with van der Waals surface area (Å²) in [4.78, 5) is 57.0. The molecule has 192 valence electrons. The highest BCUT2D eigenvalue weighted by molar-refractivity contribution is 5.89. The van der Waals surface area contributed by atoms with Gasteiger partial charge in [-0.1, -0.05) is 30.2 Å². The Kier molecular flexibility index (Phi) is 9.47. The Labute approximate surface area is 210 Å². The molecule has 35 heavy (non-hydrogen) atoms. The number of carboxylic acids is 3. The predicted molar refractivity (Wildman–Crippen MR) is 125 cm³/mol. The van der Waals surface area contributed by atoms with Gasteiger partial charge in [0.25, 0.3) is 0 Å². The lowest BCUT2D eigenvalue weighted by Gasteiger charge is -2.27. The maximum Gasteiger partial charge on any atom is 0.328 e. The van der Waals surface area contributed by atoms with Crippen LogP contribution in [0, 0.1) is 0 Å². The highest BCUT2D eigenvalue weighted by Crippen LogP contribution is 2.19. The molecule has 1 aliphatic rings. The number of nitrogens with zero attached hydrogens (tertiary/aromatic N) is 1. The summed E-state index contributed by atoms with van der Waals surface area (Å²) >= 11 is 0. The van der Waals surface area contributed by atoms with Crippen molar-refractivity contribution in [1.29, 1.82) is 0 Å². The average molecular weight is 498 g/mol. The first-order valence-electron chi connectivity index (χ1n) is 13.3. The minimum absolute atomic E-state index is 0.0193. The summed E-state index contributed by atoms with van der Waals surface area (Å²) in [6.45, 7) is 3.56. The molecule has 1 fully saturated rings. The maximum absolute atomic E-state index is 12.8. The Hall–Kier alpha value is -3.73. The average Bonchev–Trinajstić information content (AvgIpc) is 3.39. The molecule has 1 heterocycles. The zero-order chi connectivity index (χ0) is 30.7. The number of carboxylic acid groups (broad SMARTS) is 3. The molecule has 0 radical (unpaired) electrons. The molecule has 1 aromatic rings. The van der Waals surface area contributed by atoms with Crippen molar-refractivity contribution in [2.45, 2.75) is 57.7 Å². The second-order valence-electron chi connectivity index (χ2n) is 7.37. The molecule has 0 spiro atoms. The van der Waals surface area contributed by atoms with Gasteiger partial charge in [-0.25, -0.2) is 14.4 Å². The fourth-order valence-electron chi connectivity index (χ4n) is 3.25. The van der Waals surface area contributed by atoms with Gasteiger partial charge in [-0.3, -0.25) is 14.9 Å². The standard InChI is InChI=1S/C20H28N2O5.C4H4O4/c1-3-27-20(26)16(12-11-15-8-5-4-6-9-15)21-14(2)18(23)22-13-7-10-17(22)19(24)25;5-3(6)1-2-4(7)8/h4-6,8-9,14,16-17,21H,3,7,10-13H2,1-2H3,(H,24,25);1-2H,(H,5,6)(H,7,8)/b;2-1+/t14-,16+,17-;/m0./s1/i4D,5D,6D,8D,9D;. The second kappa shape index (κ2) is 15.2. The zero-order valence-electron chi connectivity index (χ0n) is 24.4. The minimum Gasteiger partial charge on any atom is -0.480 e. The Morgan fingerprint density at radius 2 is 1.74 bits per heavy atom. The van der Waals surface area contributed by atoms with Gasteiger partial charge in [0.15, 0.2) is 0 Å². The number of rotatable bonds is 11. The van der Waals surface area contributed by atoms with Crippen LogP contribution in [0.1, 0.15) is 45.5 Å². The van der Waals surface area contributed by atoms with E-state index in [1.54, 1.807) is 6.92 Å². The van der Waals surface area contributed by atoms with Crippen LogP contribution in [0.2, 0.25) is 0 Å². The molecular weight excluding hydrogens is 460 g/mol. The first kappa shape index (κ1) is 21.8. The van der Waals surface area contributed by atoms with Crippen LogP contribution < -0.4 is 5.32 Å². The van der Waals surface area contributed by atoms with E-state index in [-0.39, 0.29) is 37.1 Å². The summed E-state index contributed by atoms with van der Waals surface area (Å²) < 4.78 is 44.4. The van der Waals surface area contributed by atoms with Crippen molar-refractivity contribution in [2.24, 2.45) is 0 Å². The van der Waals surface area contributed by atoms with Crippen LogP contribution in [-0.2, 0) is 35.1 Å². The van der Waals surface area contributed by atoms with E-state index < -0.39 is 66.0 Å². The van der Waals surface area contributed by atoms with Crippen molar-refractivity contribution in [1.82, 2.24) is 10.2 Å². The van der Waals surface area contributed by atoms with Crippen LogP contribution >= 0.6 is 0 Å². The monoisotopic (exact) mass is 497 g/mol. The topological polar surface area (TPSA) is 171 Å². The molecule has 1 saturated heterocycles. The van der Waals surface area contributed by atoms with E-state index in [0.29, 0.717) is 31.5 Å². The fourth-order valence-corrected chi connectivity index (χ4v) is 3.25. The van der Waals surface area contributed by atoms with Crippen LogP contribution in [0.25, 0.3) is 0 Å². The number of likely N-dealkylation sites (tertiary alicyclic amines) is 1. The largest absolute Gasteiger partial charge is 0.480 e. The van der Waals surface area contributed by atoms with Crippen molar-refractivity contribution >= 4 is 29.8 Å². The lowest BCUT2D eigenvalue weighted by atomic mass is 10.0. The quantitative estimate of drug-likeness (QED) is 0.258. The number of aliphatic carboxylic acids is 3. The van der Waals surface area contributed by atoms with Gasteiger partial charge in [0.1, 0.15) is 12.1 Å². The predicted octanol–water partition coefficient (Wildman–Crippen LogP) is 1.32. The number of hydrogen-bond donors (Lipinski definition) is 4. The summed E-state index contributed by atoms with van der Waals surface area (Å²) in [5, 5.41) is 27.8. The summed E-state index contributed by atoms with van der Waals surface area (Å²) in [7, 11) is 0. The van der Waals surface area contributed by atoms with Gasteiger partial charge in [0.05, 0.1) is 19.5 Å². The number of ether oxygens (including phenoxy) is 1. The van der Waals surface area contributed by atoms with Gasteiger partial charge in [-0.05, 0) is 45.1 Å². The molecule has 1 amide bonds. The normalized spacial score (nSPS) is 18.6. The summed E-state index contributed by atoms with van der Waals surface area (Å²) in [6, 6.07) is -4.88. The Morgan fingerprint density at radius 1 is 1.14 bits per heavy atom. The Balaban J connectivity index is 0.000000869. The molecule has 11 nitrogen and oxygen atoms in total. The van der Waals surface area contributed by atoms with E-state index in [2.05, 4.69) is 5.32 Å². The number of benzene rings is 1. The van der Waals surface area contributed by atoms with Gasteiger partial charge in [-0.15, -0.1) is 0 Å². The van der Waals surface area contributed by atoms with E-state index >= 15 is 0 Å². The Morgan fingerprint density at radius 3 is 2.26 bits per heavy atom. The van der Waals surface area contributed by atoms with Crippen molar-refractivity contribution in [3.8, 4) is 0 Å². The zero-order valence-corrected chi connectivity index (χ0v) is 19.4. The second-order valence-corrected chi connectivity index (χ2v) is 7.37. The van der Waals surface area contributed by atoms with Crippen molar-refractivity contribution in [3.05, 3.63) is 47.9 Å². The number of esters is 1. The molecule has 0 bridgehead atoms. The van der Waals surface area contributed by atoms with Crippen LogP contribution in [-0.4, -0.2) is 81.3 Å². The molecule has 1 aromatic carbocycles. The van der Waals surface area contributed by atoms with Crippen molar-refractivity contribution < 1.29 is 50.9 Å². The summed E-state index contributed by atoms with van der Waals surface area (Å²) in [5.41, 5.74) is 0.0663. The third kappa shape index (κ3) is 10.8. The van der Waals surface area contributed by atoms with Gasteiger partial charge in [0, 0.05) is 18.7 Å². The van der Waals surface area contributed by atoms with Crippen molar-refractivity contribution in [3.63, 3.8) is 0 Å². The molecule has 0 aliphatic carbocycles. The molecule has 11 heteroatoms. The lowest BCUT2D eigenvalue weighted by Crippen LogP contribution is -2.53. The third-order valence-corrected chi connectivity index (χ3v) is 4.82. The first-order valence-corrected chi connectivity index (χ1v) is 10.8. The molecule has 0 aromatic heterocycles. The number of carbonyl (C=O) groups is 5. The minimum atomic E-state index is -1.26. The molecular formula is C24H32N2O9. The van der Waals surface area contributed by atoms with Crippen LogP contribution in [0.5, 0.6) is 0 Å². The SMILES string of the molecule is O=C(O)/C=C/C(=O)O.[2H]c1c([2H])c([2H])c(CC[C@@H](N[C@@H](C)C(=O)N2CCC[C@H]2C(=O)O)C(=O)OCC)c([2H])c1[2H]. The summed E-state index contributed by atoms with van der Waals surface area (Å²) in [6.07, 6.45) is 2.06. The van der Waals surface area contributed by atoms with Gasteiger partial charge in [0.2, 0.25) is 5.91 Å². The molecule has 0 saturated carbocycles. The van der Waals surface area contributed by atoms with E-state index in [1.807, 2.05) is 0 Å². The summed E-state index contributed by atoms with van der Waals surface area (Å²) in [5.74, 6) is -4.69. The van der Waals surface area contributed by atoms with E-state index in [4.69, 9.17) is 21.8 Å². The molecule has 0 unspecified atom stereocenters. The first-order chi connectivity index (χ1) is 18.6. The van der Waals surface area contributed by atoms with Gasteiger partial charge < -0.3 is 25.0 Å². The van der Waals surface area contributed by atoms with Gasteiger partial charge in [-0.2, -0.15) is 0 Å². The van der Waals surface area contributed by atoms with Crippen molar-refractivity contribution in [2.75, 3.05) is 13.2 Å². The Bertz CT molecular complexity index is 1120. The van der Waals surface area contributed by atoms with E-state index in [1.165, 1.54) is 11.8 Å². The number of carbonyl (C=O) groups excluding carboxylic acids is 2. The maximum atomic E-state index is 12.8. The lowest BCUT2D eigenvalue weighted by molar-refractivity contribution is -0.150. The number of hydrogen-bond acceptors (Lipinski definition) is 7. The third-order valence-electron chi connectivity index (χ3n) is 4.82. The fraction of sp³-hybridized carbons (Fsp3) is 0.458. The highest BCUT2D eigenvalue weighted by atomic mass is 16.5. The molecule has 2 rings (SSSR count).